The molecule has 0 saturated carbocycles. The number of nitrogens with two attached hydrogens (primary N) is 1. The zero-order valence-corrected chi connectivity index (χ0v) is 13.9. The number of thioether (sulfide) groups is 1. The van der Waals surface area contributed by atoms with E-state index in [-0.39, 0.29) is 18.4 Å². The second-order valence-electron chi connectivity index (χ2n) is 5.52. The molecule has 3 aromatic rings. The highest BCUT2D eigenvalue weighted by Gasteiger charge is 2.25. The standard InChI is InChI=1S/C17H15FN4O2S/c18-13-6-11-8-23-15(10-4-2-1-3-5-10)24-14(11)12(7-13)9-25-17-20-16(19)21-22-17/h1-7,15H,8-9H2,(H3,19,20,21,22). The first-order valence-corrected chi connectivity index (χ1v) is 8.63. The molecule has 0 spiro atoms. The minimum atomic E-state index is -0.512. The van der Waals surface area contributed by atoms with E-state index in [2.05, 4.69) is 15.2 Å². The van der Waals surface area contributed by atoms with Crippen LogP contribution in [0.5, 0.6) is 5.75 Å². The summed E-state index contributed by atoms with van der Waals surface area (Å²) in [6, 6.07) is 12.6. The Morgan fingerprint density at radius 2 is 2.12 bits per heavy atom. The van der Waals surface area contributed by atoms with Crippen LogP contribution in [0, 0.1) is 5.82 Å². The lowest BCUT2D eigenvalue weighted by Crippen LogP contribution is -2.19. The molecule has 0 fully saturated rings. The van der Waals surface area contributed by atoms with Crippen molar-refractivity contribution < 1.29 is 13.9 Å². The molecule has 2 heterocycles. The zero-order valence-electron chi connectivity index (χ0n) is 13.1. The third-order valence-corrected chi connectivity index (χ3v) is 4.63. The average Bonchev–Trinajstić information content (AvgIpc) is 3.05. The van der Waals surface area contributed by atoms with Crippen molar-refractivity contribution in [3.63, 3.8) is 0 Å². The first-order chi connectivity index (χ1) is 12.2. The summed E-state index contributed by atoms with van der Waals surface area (Å²) in [4.78, 5) is 4.04. The molecule has 0 amide bonds. The number of H-pyrrole nitrogens is 1. The van der Waals surface area contributed by atoms with Crippen LogP contribution in [0.3, 0.4) is 0 Å². The fourth-order valence-electron chi connectivity index (χ4n) is 2.62. The molecule has 1 aromatic heterocycles. The molecular formula is C17H15FN4O2S. The summed E-state index contributed by atoms with van der Waals surface area (Å²) in [5.41, 5.74) is 7.86. The van der Waals surface area contributed by atoms with Gasteiger partial charge in [0.25, 0.3) is 0 Å². The van der Waals surface area contributed by atoms with Gasteiger partial charge >= 0.3 is 0 Å². The number of aromatic amines is 1. The summed E-state index contributed by atoms with van der Waals surface area (Å²) in [7, 11) is 0. The molecule has 1 aliphatic rings. The van der Waals surface area contributed by atoms with Crippen molar-refractivity contribution in [2.24, 2.45) is 0 Å². The Kier molecular flexibility index (Phi) is 4.29. The molecule has 6 nitrogen and oxygen atoms in total. The number of fused-ring (bicyclic) bond motifs is 1. The SMILES string of the molecule is Nc1nc(SCc2cc(F)cc3c2OC(c2ccccc2)OC3)n[nH]1. The van der Waals surface area contributed by atoms with Crippen LogP contribution in [0.2, 0.25) is 0 Å². The number of rotatable bonds is 4. The Morgan fingerprint density at radius 1 is 1.28 bits per heavy atom. The number of nitrogens with one attached hydrogen (secondary N) is 1. The van der Waals surface area contributed by atoms with Crippen LogP contribution >= 0.6 is 11.8 Å². The highest BCUT2D eigenvalue weighted by Crippen LogP contribution is 2.38. The Balaban J connectivity index is 1.59. The van der Waals surface area contributed by atoms with Gasteiger partial charge in [-0.2, -0.15) is 4.98 Å². The number of nitrogen functional groups attached to an aromatic ring is 1. The van der Waals surface area contributed by atoms with Crippen LogP contribution in [0.1, 0.15) is 23.0 Å². The molecule has 8 heteroatoms. The average molecular weight is 358 g/mol. The number of nitrogens with zero attached hydrogens (tertiary/aromatic N) is 2. The van der Waals surface area contributed by atoms with E-state index in [1.165, 1.54) is 23.9 Å². The highest BCUT2D eigenvalue weighted by molar-refractivity contribution is 7.98. The molecule has 1 unspecified atom stereocenters. The molecule has 1 atom stereocenters. The minimum absolute atomic E-state index is 0.248. The third kappa shape index (κ3) is 3.45. The Morgan fingerprint density at radius 3 is 2.88 bits per heavy atom. The van der Waals surface area contributed by atoms with Gasteiger partial charge in [0, 0.05) is 22.4 Å². The van der Waals surface area contributed by atoms with Gasteiger partial charge in [-0.1, -0.05) is 42.1 Å². The number of anilines is 1. The van der Waals surface area contributed by atoms with Gasteiger partial charge in [0.1, 0.15) is 11.6 Å². The zero-order chi connectivity index (χ0) is 17.2. The predicted molar refractivity (Wildman–Crippen MR) is 91.4 cm³/mol. The Labute approximate surface area is 147 Å². The quantitative estimate of drug-likeness (QED) is 0.695. The van der Waals surface area contributed by atoms with Gasteiger partial charge in [-0.25, -0.2) is 9.49 Å². The summed E-state index contributed by atoms with van der Waals surface area (Å²) >= 11 is 1.35. The van der Waals surface area contributed by atoms with Gasteiger partial charge in [-0.3, -0.25) is 0 Å². The molecule has 0 radical (unpaired) electrons. The predicted octanol–water partition coefficient (Wildman–Crippen LogP) is 3.43. The number of halogens is 1. The maximum atomic E-state index is 13.9. The van der Waals surface area contributed by atoms with E-state index < -0.39 is 6.29 Å². The number of hydrogen-bond donors (Lipinski definition) is 2. The first kappa shape index (κ1) is 15.9. The van der Waals surface area contributed by atoms with Crippen LogP contribution in [0.4, 0.5) is 10.3 Å². The largest absolute Gasteiger partial charge is 0.460 e. The third-order valence-electron chi connectivity index (χ3n) is 3.73. The number of hydrogen-bond acceptors (Lipinski definition) is 6. The van der Waals surface area contributed by atoms with Gasteiger partial charge in [0.05, 0.1) is 6.61 Å². The van der Waals surface area contributed by atoms with Crippen molar-refractivity contribution >= 4 is 17.7 Å². The van der Waals surface area contributed by atoms with Crippen molar-refractivity contribution in [1.29, 1.82) is 0 Å². The normalized spacial score (nSPS) is 16.3. The second kappa shape index (κ2) is 6.73. The smallest absolute Gasteiger partial charge is 0.227 e. The van der Waals surface area contributed by atoms with E-state index in [9.17, 15) is 4.39 Å². The first-order valence-electron chi connectivity index (χ1n) is 7.64. The van der Waals surface area contributed by atoms with Crippen LogP contribution in [0.15, 0.2) is 47.6 Å². The number of ether oxygens (including phenoxy) is 2. The van der Waals surface area contributed by atoms with Crippen LogP contribution in [0.25, 0.3) is 0 Å². The summed E-state index contributed by atoms with van der Waals surface area (Å²) in [6.45, 7) is 0.290. The van der Waals surface area contributed by atoms with Crippen LogP contribution in [-0.4, -0.2) is 15.2 Å². The van der Waals surface area contributed by atoms with E-state index in [0.29, 0.717) is 22.2 Å². The van der Waals surface area contributed by atoms with Crippen molar-refractivity contribution in [3.05, 3.63) is 65.0 Å². The summed E-state index contributed by atoms with van der Waals surface area (Å²) < 4.78 is 25.7. The fraction of sp³-hybridized carbons (Fsp3) is 0.176. The summed E-state index contributed by atoms with van der Waals surface area (Å²) in [5.74, 6) is 1.03. The minimum Gasteiger partial charge on any atom is -0.460 e. The van der Waals surface area contributed by atoms with E-state index >= 15 is 0 Å². The molecule has 25 heavy (non-hydrogen) atoms. The molecule has 3 N–H and O–H groups in total. The molecule has 4 rings (SSSR count). The van der Waals surface area contributed by atoms with Gasteiger partial charge in [0.15, 0.2) is 0 Å². The maximum Gasteiger partial charge on any atom is 0.227 e. The lowest BCUT2D eigenvalue weighted by Gasteiger charge is -2.28. The lowest BCUT2D eigenvalue weighted by atomic mass is 10.1. The van der Waals surface area contributed by atoms with Crippen LogP contribution < -0.4 is 10.5 Å². The highest BCUT2D eigenvalue weighted by atomic mass is 32.2. The van der Waals surface area contributed by atoms with Crippen molar-refractivity contribution in [2.45, 2.75) is 23.8 Å². The maximum absolute atomic E-state index is 13.9. The Hall–Kier alpha value is -2.58. The molecule has 0 bridgehead atoms. The Bertz CT molecular complexity index is 888. The fourth-order valence-corrected chi connectivity index (χ4v) is 3.40. The molecule has 1 aliphatic heterocycles. The molecule has 0 aliphatic carbocycles. The van der Waals surface area contributed by atoms with Gasteiger partial charge in [-0.05, 0) is 12.1 Å². The molecular weight excluding hydrogens is 343 g/mol. The van der Waals surface area contributed by atoms with E-state index in [1.807, 2.05) is 30.3 Å². The summed E-state index contributed by atoms with van der Waals surface area (Å²) in [6.07, 6.45) is -0.512. The van der Waals surface area contributed by atoms with E-state index in [1.54, 1.807) is 0 Å². The van der Waals surface area contributed by atoms with E-state index in [4.69, 9.17) is 15.2 Å². The van der Waals surface area contributed by atoms with Gasteiger partial charge < -0.3 is 15.2 Å². The van der Waals surface area contributed by atoms with Crippen LogP contribution in [-0.2, 0) is 17.1 Å². The lowest BCUT2D eigenvalue weighted by molar-refractivity contribution is -0.112. The topological polar surface area (TPSA) is 86.1 Å². The number of aromatic nitrogens is 3. The van der Waals surface area contributed by atoms with Crippen molar-refractivity contribution in [3.8, 4) is 5.75 Å². The van der Waals surface area contributed by atoms with Crippen molar-refractivity contribution in [2.75, 3.05) is 5.73 Å². The van der Waals surface area contributed by atoms with Crippen molar-refractivity contribution in [1.82, 2.24) is 15.2 Å². The van der Waals surface area contributed by atoms with Gasteiger partial charge in [0.2, 0.25) is 17.4 Å². The molecule has 2 aromatic carbocycles. The molecule has 128 valence electrons. The molecule has 0 saturated heterocycles. The second-order valence-corrected chi connectivity index (χ2v) is 6.46. The number of benzene rings is 2. The summed E-state index contributed by atoms with van der Waals surface area (Å²) in [5, 5.41) is 7.05. The van der Waals surface area contributed by atoms with Gasteiger partial charge in [-0.15, -0.1) is 5.10 Å². The van der Waals surface area contributed by atoms with E-state index in [0.717, 1.165) is 11.1 Å². The monoisotopic (exact) mass is 358 g/mol.